The standard InChI is InChI=1S/C11H16ClNOS/c12-10-9(6-7-14)13-11(15-10)8-4-2-1-3-5-8/h8,14H,1-7H2. The predicted octanol–water partition coefficient (Wildman–Crippen LogP) is 3.38. The van der Waals surface area contributed by atoms with E-state index in [1.54, 1.807) is 11.3 Å². The quantitative estimate of drug-likeness (QED) is 0.886. The summed E-state index contributed by atoms with van der Waals surface area (Å²) < 4.78 is 0.768. The molecule has 0 saturated heterocycles. The molecule has 1 aromatic heterocycles. The Balaban J connectivity index is 2.10. The normalized spacial score (nSPS) is 18.3. The zero-order valence-electron chi connectivity index (χ0n) is 8.71. The Kier molecular flexibility index (Phi) is 4.00. The molecule has 1 fully saturated rings. The molecule has 1 aliphatic carbocycles. The minimum Gasteiger partial charge on any atom is -0.396 e. The van der Waals surface area contributed by atoms with Crippen molar-refractivity contribution >= 4 is 22.9 Å². The van der Waals surface area contributed by atoms with Gasteiger partial charge in [-0.3, -0.25) is 0 Å². The number of nitrogens with zero attached hydrogens (tertiary/aromatic N) is 1. The van der Waals surface area contributed by atoms with E-state index < -0.39 is 0 Å². The van der Waals surface area contributed by atoms with Crippen molar-refractivity contribution in [3.05, 3.63) is 15.0 Å². The molecule has 0 unspecified atom stereocenters. The maximum Gasteiger partial charge on any atom is 0.116 e. The van der Waals surface area contributed by atoms with E-state index in [1.807, 2.05) is 0 Å². The third kappa shape index (κ3) is 2.71. The summed E-state index contributed by atoms with van der Waals surface area (Å²) >= 11 is 7.69. The number of rotatable bonds is 3. The van der Waals surface area contributed by atoms with Gasteiger partial charge in [0.15, 0.2) is 0 Å². The molecule has 1 saturated carbocycles. The maximum absolute atomic E-state index is 8.87. The molecule has 1 aliphatic rings. The monoisotopic (exact) mass is 245 g/mol. The van der Waals surface area contributed by atoms with Crippen LogP contribution in [0.4, 0.5) is 0 Å². The molecule has 84 valence electrons. The third-order valence-corrected chi connectivity index (χ3v) is 4.47. The Labute approximate surface area is 99.3 Å². The molecule has 4 heteroatoms. The van der Waals surface area contributed by atoms with Gasteiger partial charge in [-0.25, -0.2) is 4.98 Å². The number of aromatic nitrogens is 1. The van der Waals surface area contributed by atoms with Gasteiger partial charge < -0.3 is 5.11 Å². The Morgan fingerprint density at radius 2 is 2.07 bits per heavy atom. The fourth-order valence-corrected chi connectivity index (χ4v) is 3.52. The van der Waals surface area contributed by atoms with Crippen LogP contribution in [-0.2, 0) is 6.42 Å². The summed E-state index contributed by atoms with van der Waals surface area (Å²) in [6.45, 7) is 0.132. The molecule has 0 bridgehead atoms. The minimum atomic E-state index is 0.132. The largest absolute Gasteiger partial charge is 0.396 e. The van der Waals surface area contributed by atoms with E-state index in [2.05, 4.69) is 4.98 Å². The summed E-state index contributed by atoms with van der Waals surface area (Å²) in [6, 6.07) is 0. The van der Waals surface area contributed by atoms with Crippen LogP contribution in [-0.4, -0.2) is 16.7 Å². The van der Waals surface area contributed by atoms with Crippen molar-refractivity contribution < 1.29 is 5.11 Å². The van der Waals surface area contributed by atoms with Crippen molar-refractivity contribution in [2.24, 2.45) is 0 Å². The first-order valence-electron chi connectivity index (χ1n) is 5.57. The van der Waals surface area contributed by atoms with Crippen molar-refractivity contribution in [1.29, 1.82) is 0 Å². The van der Waals surface area contributed by atoms with Crippen molar-refractivity contribution in [2.75, 3.05) is 6.61 Å². The van der Waals surface area contributed by atoms with Gasteiger partial charge in [-0.2, -0.15) is 0 Å². The summed E-state index contributed by atoms with van der Waals surface area (Å²) in [4.78, 5) is 4.55. The van der Waals surface area contributed by atoms with Crippen molar-refractivity contribution in [2.45, 2.75) is 44.4 Å². The molecule has 2 rings (SSSR count). The average molecular weight is 246 g/mol. The number of hydrogen-bond acceptors (Lipinski definition) is 3. The Morgan fingerprint density at radius 1 is 1.33 bits per heavy atom. The SMILES string of the molecule is OCCc1nc(C2CCCCC2)sc1Cl. The van der Waals surface area contributed by atoms with E-state index in [1.165, 1.54) is 37.1 Å². The molecule has 0 amide bonds. The van der Waals surface area contributed by atoms with Crippen molar-refractivity contribution in [3.8, 4) is 0 Å². The zero-order chi connectivity index (χ0) is 10.7. The molecular weight excluding hydrogens is 230 g/mol. The molecule has 0 aliphatic heterocycles. The van der Waals surface area contributed by atoms with Gasteiger partial charge in [0.2, 0.25) is 0 Å². The van der Waals surface area contributed by atoms with Crippen LogP contribution in [0.2, 0.25) is 4.34 Å². The highest BCUT2D eigenvalue weighted by molar-refractivity contribution is 7.16. The molecule has 1 aromatic rings. The average Bonchev–Trinajstić information content (AvgIpc) is 2.63. The molecule has 0 atom stereocenters. The van der Waals surface area contributed by atoms with E-state index in [0.717, 1.165) is 10.0 Å². The Bertz CT molecular complexity index is 320. The lowest BCUT2D eigenvalue weighted by molar-refractivity contribution is 0.298. The maximum atomic E-state index is 8.87. The van der Waals surface area contributed by atoms with Crippen LogP contribution >= 0.6 is 22.9 Å². The predicted molar refractivity (Wildman–Crippen MR) is 63.7 cm³/mol. The fourth-order valence-electron chi connectivity index (χ4n) is 2.13. The number of aliphatic hydroxyl groups is 1. The van der Waals surface area contributed by atoms with E-state index in [9.17, 15) is 0 Å². The summed E-state index contributed by atoms with van der Waals surface area (Å²) in [5.41, 5.74) is 0.879. The molecular formula is C11H16ClNOS. The van der Waals surface area contributed by atoms with Crippen LogP contribution in [0.5, 0.6) is 0 Å². The summed E-state index contributed by atoms with van der Waals surface area (Å²) in [7, 11) is 0. The first-order chi connectivity index (χ1) is 7.31. The fraction of sp³-hybridized carbons (Fsp3) is 0.727. The first-order valence-corrected chi connectivity index (χ1v) is 6.76. The van der Waals surface area contributed by atoms with Gasteiger partial charge in [-0.15, -0.1) is 11.3 Å². The summed E-state index contributed by atoms with van der Waals surface area (Å²) in [6.07, 6.45) is 7.08. The molecule has 15 heavy (non-hydrogen) atoms. The zero-order valence-corrected chi connectivity index (χ0v) is 10.3. The lowest BCUT2D eigenvalue weighted by Gasteiger charge is -2.18. The third-order valence-electron chi connectivity index (χ3n) is 2.97. The van der Waals surface area contributed by atoms with Gasteiger partial charge in [0.05, 0.1) is 10.7 Å². The van der Waals surface area contributed by atoms with Gasteiger partial charge in [-0.1, -0.05) is 30.9 Å². The van der Waals surface area contributed by atoms with Gasteiger partial charge >= 0.3 is 0 Å². The number of halogens is 1. The van der Waals surface area contributed by atoms with Gasteiger partial charge in [0, 0.05) is 18.9 Å². The lowest BCUT2D eigenvalue weighted by atomic mass is 9.90. The highest BCUT2D eigenvalue weighted by atomic mass is 35.5. The highest BCUT2D eigenvalue weighted by Gasteiger charge is 2.20. The smallest absolute Gasteiger partial charge is 0.116 e. The minimum absolute atomic E-state index is 0.132. The second-order valence-electron chi connectivity index (χ2n) is 4.08. The second kappa shape index (κ2) is 5.28. The van der Waals surface area contributed by atoms with Gasteiger partial charge in [0.25, 0.3) is 0 Å². The highest BCUT2D eigenvalue weighted by Crippen LogP contribution is 2.37. The number of thiazole rings is 1. The first kappa shape index (κ1) is 11.4. The summed E-state index contributed by atoms with van der Waals surface area (Å²) in [5, 5.41) is 10.1. The van der Waals surface area contributed by atoms with E-state index in [-0.39, 0.29) is 6.61 Å². The second-order valence-corrected chi connectivity index (χ2v) is 5.71. The number of aliphatic hydroxyl groups excluding tert-OH is 1. The van der Waals surface area contributed by atoms with Crippen LogP contribution in [0.1, 0.15) is 48.7 Å². The molecule has 0 aromatic carbocycles. The van der Waals surface area contributed by atoms with Crippen LogP contribution in [0, 0.1) is 0 Å². The van der Waals surface area contributed by atoms with E-state index >= 15 is 0 Å². The molecule has 1 heterocycles. The molecule has 1 N–H and O–H groups in total. The van der Waals surface area contributed by atoms with Gasteiger partial charge in [0.1, 0.15) is 4.34 Å². The van der Waals surface area contributed by atoms with Crippen LogP contribution in [0.15, 0.2) is 0 Å². The lowest BCUT2D eigenvalue weighted by Crippen LogP contribution is -2.04. The topological polar surface area (TPSA) is 33.1 Å². The van der Waals surface area contributed by atoms with E-state index in [4.69, 9.17) is 16.7 Å². The van der Waals surface area contributed by atoms with Crippen LogP contribution in [0.25, 0.3) is 0 Å². The summed E-state index contributed by atoms with van der Waals surface area (Å²) in [5.74, 6) is 0.619. The number of hydrogen-bond donors (Lipinski definition) is 1. The van der Waals surface area contributed by atoms with Crippen molar-refractivity contribution in [1.82, 2.24) is 4.98 Å². The molecule has 0 radical (unpaired) electrons. The Hall–Kier alpha value is -0.120. The van der Waals surface area contributed by atoms with Crippen LogP contribution < -0.4 is 0 Å². The molecule has 0 spiro atoms. The van der Waals surface area contributed by atoms with Gasteiger partial charge in [-0.05, 0) is 12.8 Å². The Morgan fingerprint density at radius 3 is 2.73 bits per heavy atom. The van der Waals surface area contributed by atoms with E-state index in [0.29, 0.717) is 12.3 Å². The molecule has 2 nitrogen and oxygen atoms in total. The van der Waals surface area contributed by atoms with Crippen molar-refractivity contribution in [3.63, 3.8) is 0 Å². The van der Waals surface area contributed by atoms with Crippen LogP contribution in [0.3, 0.4) is 0 Å².